The van der Waals surface area contributed by atoms with Gasteiger partial charge in [-0.15, -0.1) is 0 Å². The van der Waals surface area contributed by atoms with Gasteiger partial charge in [0.2, 0.25) is 0 Å². The van der Waals surface area contributed by atoms with Gasteiger partial charge in [-0.05, 0) is 18.2 Å². The summed E-state index contributed by atoms with van der Waals surface area (Å²) in [5.74, 6) is 0.184. The quantitative estimate of drug-likeness (QED) is 0.915. The second-order valence-electron chi connectivity index (χ2n) is 4.52. The number of rotatable bonds is 5. The van der Waals surface area contributed by atoms with Crippen molar-refractivity contribution in [1.29, 1.82) is 0 Å². The number of nitrogens with zero attached hydrogens (tertiary/aromatic N) is 3. The van der Waals surface area contributed by atoms with Gasteiger partial charge in [0.25, 0.3) is 0 Å². The van der Waals surface area contributed by atoms with Gasteiger partial charge in [0.1, 0.15) is 23.6 Å². The zero-order valence-corrected chi connectivity index (χ0v) is 11.5. The molecular formula is C14H17F2N3O. The summed E-state index contributed by atoms with van der Waals surface area (Å²) >= 11 is 0. The summed E-state index contributed by atoms with van der Waals surface area (Å²) in [7, 11) is 0. The van der Waals surface area contributed by atoms with Crippen molar-refractivity contribution in [2.45, 2.75) is 39.3 Å². The molecule has 108 valence electrons. The van der Waals surface area contributed by atoms with Crippen molar-refractivity contribution in [3.63, 3.8) is 0 Å². The molecule has 0 spiro atoms. The van der Waals surface area contributed by atoms with Crippen LogP contribution in [0.3, 0.4) is 0 Å². The van der Waals surface area contributed by atoms with Crippen LogP contribution in [0.15, 0.2) is 18.2 Å². The van der Waals surface area contributed by atoms with Gasteiger partial charge in [-0.25, -0.2) is 18.4 Å². The molecule has 2 aromatic rings. The van der Waals surface area contributed by atoms with E-state index >= 15 is 0 Å². The fourth-order valence-electron chi connectivity index (χ4n) is 2.02. The molecule has 20 heavy (non-hydrogen) atoms. The Morgan fingerprint density at radius 2 is 2.00 bits per heavy atom. The van der Waals surface area contributed by atoms with Crippen molar-refractivity contribution in [3.8, 4) is 0 Å². The number of aryl methyl sites for hydroxylation is 2. The highest BCUT2D eigenvalue weighted by Crippen LogP contribution is 2.20. The predicted octanol–water partition coefficient (Wildman–Crippen LogP) is 2.41. The van der Waals surface area contributed by atoms with Crippen molar-refractivity contribution >= 4 is 0 Å². The third-order valence-electron chi connectivity index (χ3n) is 3.09. The lowest BCUT2D eigenvalue weighted by atomic mass is 10.1. The van der Waals surface area contributed by atoms with Crippen LogP contribution >= 0.6 is 0 Å². The van der Waals surface area contributed by atoms with Crippen molar-refractivity contribution in [2.75, 3.05) is 0 Å². The van der Waals surface area contributed by atoms with E-state index in [0.29, 0.717) is 18.7 Å². The monoisotopic (exact) mass is 281 g/mol. The molecule has 1 aromatic carbocycles. The second-order valence-corrected chi connectivity index (χ2v) is 4.52. The molecule has 0 aliphatic carbocycles. The number of aliphatic hydroxyl groups is 1. The summed E-state index contributed by atoms with van der Waals surface area (Å²) in [6.07, 6.45) is 0.179. The largest absolute Gasteiger partial charge is 0.386 e. The summed E-state index contributed by atoms with van der Waals surface area (Å²) in [6, 6.07) is 3.03. The molecule has 0 bridgehead atoms. The van der Waals surface area contributed by atoms with Gasteiger partial charge < -0.3 is 5.11 Å². The molecule has 0 amide bonds. The maximum atomic E-state index is 13.6. The third kappa shape index (κ3) is 3.01. The third-order valence-corrected chi connectivity index (χ3v) is 3.09. The van der Waals surface area contributed by atoms with Crippen LogP contribution in [0.4, 0.5) is 8.78 Å². The maximum absolute atomic E-state index is 13.6. The lowest BCUT2D eigenvalue weighted by Crippen LogP contribution is -2.14. The summed E-state index contributed by atoms with van der Waals surface area (Å²) in [5.41, 5.74) is -0.0689. The van der Waals surface area contributed by atoms with E-state index in [1.165, 1.54) is 0 Å². The number of hydrogen-bond donors (Lipinski definition) is 1. The molecule has 0 aliphatic rings. The molecule has 1 heterocycles. The number of halogens is 2. The predicted molar refractivity (Wildman–Crippen MR) is 70.1 cm³/mol. The van der Waals surface area contributed by atoms with E-state index in [0.717, 1.165) is 24.0 Å². The molecule has 1 N–H and O–H groups in total. The van der Waals surface area contributed by atoms with Gasteiger partial charge in [-0.3, -0.25) is 0 Å². The van der Waals surface area contributed by atoms with E-state index in [9.17, 15) is 13.9 Å². The molecule has 6 heteroatoms. The first-order valence-corrected chi connectivity index (χ1v) is 6.60. The van der Waals surface area contributed by atoms with Crippen LogP contribution in [0.25, 0.3) is 0 Å². The van der Waals surface area contributed by atoms with E-state index in [4.69, 9.17) is 0 Å². The van der Waals surface area contributed by atoms with E-state index in [2.05, 4.69) is 10.1 Å². The first kappa shape index (κ1) is 14.6. The minimum Gasteiger partial charge on any atom is -0.386 e. The van der Waals surface area contributed by atoms with Crippen LogP contribution in [0.2, 0.25) is 0 Å². The highest BCUT2D eigenvalue weighted by Gasteiger charge is 2.17. The number of benzene rings is 1. The summed E-state index contributed by atoms with van der Waals surface area (Å²) < 4.78 is 28.3. The first-order valence-electron chi connectivity index (χ1n) is 6.60. The molecule has 1 aromatic heterocycles. The zero-order chi connectivity index (χ0) is 14.7. The highest BCUT2D eigenvalue weighted by molar-refractivity contribution is 5.21. The van der Waals surface area contributed by atoms with Crippen LogP contribution < -0.4 is 0 Å². The first-order chi connectivity index (χ1) is 9.55. The lowest BCUT2D eigenvalue weighted by Gasteiger charge is -2.13. The fraction of sp³-hybridized carbons (Fsp3) is 0.429. The van der Waals surface area contributed by atoms with E-state index in [1.807, 2.05) is 13.8 Å². The van der Waals surface area contributed by atoms with Crippen molar-refractivity contribution in [2.24, 2.45) is 0 Å². The molecular weight excluding hydrogens is 264 g/mol. The number of aliphatic hydroxyl groups excluding tert-OH is 1. The lowest BCUT2D eigenvalue weighted by molar-refractivity contribution is 0.145. The van der Waals surface area contributed by atoms with Gasteiger partial charge in [-0.2, -0.15) is 5.10 Å². The molecule has 4 nitrogen and oxygen atoms in total. The van der Waals surface area contributed by atoms with Crippen LogP contribution in [-0.4, -0.2) is 19.9 Å². The van der Waals surface area contributed by atoms with Crippen LogP contribution in [0.1, 0.15) is 37.2 Å². The molecule has 1 atom stereocenters. The Labute approximate surface area is 116 Å². The van der Waals surface area contributed by atoms with Crippen LogP contribution in [-0.2, 0) is 19.4 Å². The molecule has 0 saturated carbocycles. The van der Waals surface area contributed by atoms with E-state index in [-0.39, 0.29) is 12.1 Å². The van der Waals surface area contributed by atoms with E-state index in [1.54, 1.807) is 4.68 Å². The normalized spacial score (nSPS) is 12.7. The Balaban J connectivity index is 2.24. The smallest absolute Gasteiger partial charge is 0.150 e. The average Bonchev–Trinajstić information content (AvgIpc) is 2.83. The Hall–Kier alpha value is -1.82. The van der Waals surface area contributed by atoms with Crippen molar-refractivity contribution in [1.82, 2.24) is 14.8 Å². The second kappa shape index (κ2) is 6.09. The summed E-state index contributed by atoms with van der Waals surface area (Å²) in [4.78, 5) is 4.31. The maximum Gasteiger partial charge on any atom is 0.150 e. The van der Waals surface area contributed by atoms with Crippen molar-refractivity contribution < 1.29 is 13.9 Å². The Bertz CT molecular complexity index is 598. The minimum atomic E-state index is -1.16. The molecule has 0 fully saturated rings. The van der Waals surface area contributed by atoms with Gasteiger partial charge in [0.05, 0.1) is 6.54 Å². The van der Waals surface area contributed by atoms with Crippen LogP contribution in [0, 0.1) is 11.6 Å². The Morgan fingerprint density at radius 3 is 2.65 bits per heavy atom. The molecule has 1 unspecified atom stereocenters. The highest BCUT2D eigenvalue weighted by atomic mass is 19.1. The van der Waals surface area contributed by atoms with Crippen molar-refractivity contribution in [3.05, 3.63) is 47.0 Å². The van der Waals surface area contributed by atoms with Gasteiger partial charge in [0.15, 0.2) is 5.82 Å². The fourth-order valence-corrected chi connectivity index (χ4v) is 2.02. The standard InChI is InChI=1S/C14H17F2N3O/c1-3-13-17-14(4-2)19(18-13)8-12(20)10-7-9(15)5-6-11(10)16/h5-7,12,20H,3-4,8H2,1-2H3. The summed E-state index contributed by atoms with van der Waals surface area (Å²) in [6.45, 7) is 3.91. The van der Waals surface area contributed by atoms with E-state index < -0.39 is 17.7 Å². The molecule has 2 rings (SSSR count). The topological polar surface area (TPSA) is 50.9 Å². The van der Waals surface area contributed by atoms with Crippen LogP contribution in [0.5, 0.6) is 0 Å². The van der Waals surface area contributed by atoms with Gasteiger partial charge in [0, 0.05) is 18.4 Å². The van der Waals surface area contributed by atoms with Gasteiger partial charge >= 0.3 is 0 Å². The molecule has 0 aliphatic heterocycles. The summed E-state index contributed by atoms with van der Waals surface area (Å²) in [5, 5.41) is 14.3. The zero-order valence-electron chi connectivity index (χ0n) is 11.5. The Morgan fingerprint density at radius 1 is 1.25 bits per heavy atom. The SMILES string of the molecule is CCc1nc(CC)n(CC(O)c2cc(F)ccc2F)n1. The number of aromatic nitrogens is 3. The number of hydrogen-bond acceptors (Lipinski definition) is 3. The van der Waals surface area contributed by atoms with Gasteiger partial charge in [-0.1, -0.05) is 13.8 Å². The molecule has 0 radical (unpaired) electrons. The molecule has 0 saturated heterocycles. The minimum absolute atomic E-state index is 0.0521. The average molecular weight is 281 g/mol. The Kier molecular flexibility index (Phi) is 4.44.